The Morgan fingerprint density at radius 1 is 1.42 bits per heavy atom. The van der Waals surface area contributed by atoms with E-state index in [1.54, 1.807) is 11.3 Å². The van der Waals surface area contributed by atoms with Crippen molar-refractivity contribution in [1.29, 1.82) is 0 Å². The van der Waals surface area contributed by atoms with Gasteiger partial charge in [0.25, 0.3) is 0 Å². The SMILES string of the molecule is CNC(Cc1ccc(Br)cc1Cl)c1sc(C)nc1C. The molecule has 1 N–H and O–H groups in total. The third-order valence-corrected chi connectivity index (χ3v) is 5.08. The summed E-state index contributed by atoms with van der Waals surface area (Å²) < 4.78 is 1.01. The number of thiazole rings is 1. The Bertz CT molecular complexity index is 583. The first-order valence-electron chi connectivity index (χ1n) is 6.06. The fraction of sp³-hybridized carbons (Fsp3) is 0.357. The van der Waals surface area contributed by atoms with Gasteiger partial charge in [0.15, 0.2) is 0 Å². The van der Waals surface area contributed by atoms with E-state index < -0.39 is 0 Å². The van der Waals surface area contributed by atoms with Crippen LogP contribution in [-0.4, -0.2) is 12.0 Å². The van der Waals surface area contributed by atoms with Crippen LogP contribution in [0.5, 0.6) is 0 Å². The molecule has 2 nitrogen and oxygen atoms in total. The van der Waals surface area contributed by atoms with Gasteiger partial charge in [-0.25, -0.2) is 4.98 Å². The highest BCUT2D eigenvalue weighted by Gasteiger charge is 2.17. The van der Waals surface area contributed by atoms with E-state index in [-0.39, 0.29) is 6.04 Å². The highest BCUT2D eigenvalue weighted by atomic mass is 79.9. The molecule has 0 aliphatic carbocycles. The molecule has 0 radical (unpaired) electrons. The van der Waals surface area contributed by atoms with E-state index >= 15 is 0 Å². The Kier molecular flexibility index (Phi) is 5.01. The van der Waals surface area contributed by atoms with Crippen LogP contribution in [-0.2, 0) is 6.42 Å². The molecule has 0 aliphatic rings. The van der Waals surface area contributed by atoms with Crippen LogP contribution in [0.3, 0.4) is 0 Å². The number of aryl methyl sites for hydroxylation is 2. The van der Waals surface area contributed by atoms with Crippen LogP contribution in [0.4, 0.5) is 0 Å². The smallest absolute Gasteiger partial charge is 0.0900 e. The van der Waals surface area contributed by atoms with E-state index in [0.29, 0.717) is 0 Å². The summed E-state index contributed by atoms with van der Waals surface area (Å²) in [6.07, 6.45) is 0.866. The van der Waals surface area contributed by atoms with Crippen molar-refractivity contribution in [3.8, 4) is 0 Å². The predicted octanol–water partition coefficient (Wildman–Crippen LogP) is 4.68. The lowest BCUT2D eigenvalue weighted by atomic mass is 10.0. The molecule has 1 heterocycles. The van der Waals surface area contributed by atoms with Gasteiger partial charge in [-0.05, 0) is 45.0 Å². The lowest BCUT2D eigenvalue weighted by Gasteiger charge is -2.16. The Morgan fingerprint density at radius 3 is 2.68 bits per heavy atom. The van der Waals surface area contributed by atoms with Gasteiger partial charge in [-0.3, -0.25) is 0 Å². The summed E-state index contributed by atoms with van der Waals surface area (Å²) in [6.45, 7) is 4.10. The summed E-state index contributed by atoms with van der Waals surface area (Å²) >= 11 is 11.5. The molecule has 1 unspecified atom stereocenters. The number of hydrogen-bond donors (Lipinski definition) is 1. The zero-order valence-corrected chi connectivity index (χ0v) is 14.3. The topological polar surface area (TPSA) is 24.9 Å². The average molecular weight is 360 g/mol. The van der Waals surface area contributed by atoms with Crippen molar-refractivity contribution in [3.05, 3.63) is 48.8 Å². The highest BCUT2D eigenvalue weighted by molar-refractivity contribution is 9.10. The molecule has 0 saturated carbocycles. The molecular weight excluding hydrogens is 344 g/mol. The quantitative estimate of drug-likeness (QED) is 0.857. The predicted molar refractivity (Wildman–Crippen MR) is 86.2 cm³/mol. The fourth-order valence-electron chi connectivity index (χ4n) is 2.10. The van der Waals surface area contributed by atoms with Crippen LogP contribution >= 0.6 is 38.9 Å². The summed E-state index contributed by atoms with van der Waals surface area (Å²) in [4.78, 5) is 5.79. The van der Waals surface area contributed by atoms with Crippen LogP contribution in [0.1, 0.15) is 27.2 Å². The first-order valence-corrected chi connectivity index (χ1v) is 8.05. The summed E-state index contributed by atoms with van der Waals surface area (Å²) in [5.74, 6) is 0. The van der Waals surface area contributed by atoms with Gasteiger partial charge in [0.1, 0.15) is 0 Å². The fourth-order valence-corrected chi connectivity index (χ4v) is 3.89. The molecule has 0 aliphatic heterocycles. The molecule has 0 saturated heterocycles. The molecule has 2 rings (SSSR count). The van der Waals surface area contributed by atoms with E-state index in [9.17, 15) is 0 Å². The lowest BCUT2D eigenvalue weighted by Crippen LogP contribution is -2.18. The monoisotopic (exact) mass is 358 g/mol. The third kappa shape index (κ3) is 3.57. The first kappa shape index (κ1) is 15.0. The van der Waals surface area contributed by atoms with Crippen LogP contribution < -0.4 is 5.32 Å². The number of nitrogens with zero attached hydrogens (tertiary/aromatic N) is 1. The molecule has 1 atom stereocenters. The van der Waals surface area contributed by atoms with Crippen molar-refractivity contribution in [2.24, 2.45) is 0 Å². The maximum absolute atomic E-state index is 6.29. The van der Waals surface area contributed by atoms with Gasteiger partial charge < -0.3 is 5.32 Å². The van der Waals surface area contributed by atoms with E-state index in [1.165, 1.54) is 4.88 Å². The second-order valence-corrected chi connectivity index (χ2v) is 7.02. The maximum atomic E-state index is 6.29. The Balaban J connectivity index is 2.26. The van der Waals surface area contributed by atoms with Crippen molar-refractivity contribution >= 4 is 38.9 Å². The van der Waals surface area contributed by atoms with E-state index in [4.69, 9.17) is 11.6 Å². The van der Waals surface area contributed by atoms with Crippen molar-refractivity contribution in [2.75, 3.05) is 7.05 Å². The number of likely N-dealkylation sites (N-methyl/N-ethyl adjacent to an activating group) is 1. The summed E-state index contributed by atoms with van der Waals surface area (Å²) in [5, 5.41) is 5.27. The van der Waals surface area contributed by atoms with Crippen LogP contribution in [0.15, 0.2) is 22.7 Å². The minimum atomic E-state index is 0.255. The van der Waals surface area contributed by atoms with Crippen LogP contribution in [0.25, 0.3) is 0 Å². The van der Waals surface area contributed by atoms with Gasteiger partial charge >= 0.3 is 0 Å². The number of rotatable bonds is 4. The van der Waals surface area contributed by atoms with Crippen molar-refractivity contribution in [2.45, 2.75) is 26.3 Å². The summed E-state index contributed by atoms with van der Waals surface area (Å²) in [6, 6.07) is 6.29. The highest BCUT2D eigenvalue weighted by Crippen LogP contribution is 2.30. The van der Waals surface area contributed by atoms with E-state index in [0.717, 1.165) is 32.2 Å². The van der Waals surface area contributed by atoms with Crippen LogP contribution in [0, 0.1) is 13.8 Å². The summed E-state index contributed by atoms with van der Waals surface area (Å²) in [7, 11) is 1.98. The molecule has 19 heavy (non-hydrogen) atoms. The molecule has 5 heteroatoms. The number of hydrogen-bond acceptors (Lipinski definition) is 3. The van der Waals surface area contributed by atoms with Gasteiger partial charge in [0.2, 0.25) is 0 Å². The normalized spacial score (nSPS) is 12.7. The third-order valence-electron chi connectivity index (χ3n) is 3.04. The van der Waals surface area contributed by atoms with Gasteiger partial charge in [-0.15, -0.1) is 11.3 Å². The average Bonchev–Trinajstić information content (AvgIpc) is 2.68. The zero-order valence-electron chi connectivity index (χ0n) is 11.1. The lowest BCUT2D eigenvalue weighted by molar-refractivity contribution is 0.598. The molecule has 2 aromatic rings. The molecular formula is C14H16BrClN2S. The molecule has 0 bridgehead atoms. The van der Waals surface area contributed by atoms with Gasteiger partial charge in [0, 0.05) is 20.4 Å². The second-order valence-electron chi connectivity index (χ2n) is 4.46. The molecule has 0 amide bonds. The Hall–Kier alpha value is -0.420. The van der Waals surface area contributed by atoms with Crippen LogP contribution in [0.2, 0.25) is 5.02 Å². The minimum absolute atomic E-state index is 0.255. The molecule has 0 fully saturated rings. The molecule has 1 aromatic heterocycles. The number of halogens is 2. The van der Waals surface area contributed by atoms with Crippen molar-refractivity contribution < 1.29 is 0 Å². The van der Waals surface area contributed by atoms with Crippen molar-refractivity contribution in [3.63, 3.8) is 0 Å². The Labute approximate surface area is 131 Å². The van der Waals surface area contributed by atoms with Gasteiger partial charge in [-0.2, -0.15) is 0 Å². The van der Waals surface area contributed by atoms with E-state index in [2.05, 4.69) is 39.2 Å². The Morgan fingerprint density at radius 2 is 2.16 bits per heavy atom. The number of benzene rings is 1. The van der Waals surface area contributed by atoms with Crippen molar-refractivity contribution in [1.82, 2.24) is 10.3 Å². The second kappa shape index (κ2) is 6.35. The summed E-state index contributed by atoms with van der Waals surface area (Å²) in [5.41, 5.74) is 2.25. The first-order chi connectivity index (χ1) is 9.01. The zero-order chi connectivity index (χ0) is 14.0. The largest absolute Gasteiger partial charge is 0.312 e. The number of nitrogens with one attached hydrogen (secondary N) is 1. The van der Waals surface area contributed by atoms with E-state index in [1.807, 2.05) is 26.1 Å². The number of aromatic nitrogens is 1. The van der Waals surface area contributed by atoms with Gasteiger partial charge in [-0.1, -0.05) is 33.6 Å². The standard InChI is InChI=1S/C14H16BrClN2S/c1-8-14(19-9(2)18-8)13(17-3)6-10-4-5-11(15)7-12(10)16/h4-5,7,13,17H,6H2,1-3H3. The molecule has 1 aromatic carbocycles. The maximum Gasteiger partial charge on any atom is 0.0900 e. The van der Waals surface area contributed by atoms with Gasteiger partial charge in [0.05, 0.1) is 10.7 Å². The molecule has 0 spiro atoms. The minimum Gasteiger partial charge on any atom is -0.312 e. The molecule has 102 valence electrons.